The number of hydrogen-bond acceptors (Lipinski definition) is 4. The van der Waals surface area contributed by atoms with E-state index in [2.05, 4.69) is 23.6 Å². The van der Waals surface area contributed by atoms with Crippen molar-refractivity contribution in [2.24, 2.45) is 0 Å². The molecular weight excluding hydrogens is 426 g/mol. The first-order valence-corrected chi connectivity index (χ1v) is 11.8. The maximum absolute atomic E-state index is 13.1. The van der Waals surface area contributed by atoms with Gasteiger partial charge in [-0.25, -0.2) is 4.98 Å². The van der Waals surface area contributed by atoms with E-state index in [0.29, 0.717) is 32.7 Å². The molecule has 0 bridgehead atoms. The van der Waals surface area contributed by atoms with E-state index in [0.717, 1.165) is 34.0 Å². The maximum atomic E-state index is 13.1. The van der Waals surface area contributed by atoms with E-state index >= 15 is 0 Å². The van der Waals surface area contributed by atoms with Crippen LogP contribution in [0.3, 0.4) is 0 Å². The largest absolute Gasteiger partial charge is 0.492 e. The molecule has 2 heterocycles. The van der Waals surface area contributed by atoms with E-state index in [1.54, 1.807) is 0 Å². The SMILES string of the molecule is CCOc1ccccc1N1C[C@@H](c2nc3ccccc3n2CCOc2cccc(C)c2)CC1=O. The summed E-state index contributed by atoms with van der Waals surface area (Å²) in [5.74, 6) is 2.61. The molecule has 4 aromatic rings. The molecule has 6 heteroatoms. The van der Waals surface area contributed by atoms with Crippen LogP contribution in [0, 0.1) is 6.92 Å². The average Bonchev–Trinajstić information content (AvgIpc) is 3.40. The molecule has 0 saturated carbocycles. The molecular formula is C28H29N3O3. The molecule has 0 spiro atoms. The molecule has 1 fully saturated rings. The summed E-state index contributed by atoms with van der Waals surface area (Å²) < 4.78 is 14.0. The fourth-order valence-corrected chi connectivity index (χ4v) is 4.67. The second-order valence-corrected chi connectivity index (χ2v) is 8.58. The van der Waals surface area contributed by atoms with Crippen LogP contribution in [0.1, 0.15) is 30.7 Å². The number of aromatic nitrogens is 2. The van der Waals surface area contributed by atoms with E-state index in [-0.39, 0.29) is 11.8 Å². The first-order chi connectivity index (χ1) is 16.6. The maximum Gasteiger partial charge on any atom is 0.227 e. The molecule has 6 nitrogen and oxygen atoms in total. The standard InChI is InChI=1S/C28H29N3O3/c1-3-33-26-14-7-6-13-25(26)31-19-21(18-27(31)32)28-29-23-11-4-5-12-24(23)30(28)15-16-34-22-10-8-9-20(2)17-22/h4-14,17,21H,3,15-16,18-19H2,1-2H3/t21-/m0/s1. The van der Waals surface area contributed by atoms with Crippen LogP contribution in [0.15, 0.2) is 72.8 Å². The van der Waals surface area contributed by atoms with Gasteiger partial charge in [-0.15, -0.1) is 0 Å². The van der Waals surface area contributed by atoms with Crippen LogP contribution in [0.5, 0.6) is 11.5 Å². The molecule has 34 heavy (non-hydrogen) atoms. The van der Waals surface area contributed by atoms with Gasteiger partial charge in [0.2, 0.25) is 5.91 Å². The predicted molar refractivity (Wildman–Crippen MR) is 134 cm³/mol. The summed E-state index contributed by atoms with van der Waals surface area (Å²) in [6.45, 7) is 6.32. The lowest BCUT2D eigenvalue weighted by atomic mass is 10.1. The summed E-state index contributed by atoms with van der Waals surface area (Å²) >= 11 is 0. The highest BCUT2D eigenvalue weighted by Gasteiger charge is 2.36. The van der Waals surface area contributed by atoms with Crippen molar-refractivity contribution < 1.29 is 14.3 Å². The van der Waals surface area contributed by atoms with Crippen molar-refractivity contribution in [3.63, 3.8) is 0 Å². The molecule has 1 aliphatic heterocycles. The number of ether oxygens (including phenoxy) is 2. The van der Waals surface area contributed by atoms with Gasteiger partial charge in [-0.2, -0.15) is 0 Å². The third kappa shape index (κ3) is 4.36. The zero-order valence-electron chi connectivity index (χ0n) is 19.6. The smallest absolute Gasteiger partial charge is 0.227 e. The Kier molecular flexibility index (Phi) is 6.21. The van der Waals surface area contributed by atoms with Gasteiger partial charge < -0.3 is 18.9 Å². The van der Waals surface area contributed by atoms with E-state index in [1.807, 2.05) is 72.5 Å². The number of para-hydroxylation sites is 4. The monoisotopic (exact) mass is 455 g/mol. The van der Waals surface area contributed by atoms with E-state index in [9.17, 15) is 4.79 Å². The summed E-state index contributed by atoms with van der Waals surface area (Å²) in [6, 6.07) is 23.9. The van der Waals surface area contributed by atoms with Gasteiger partial charge in [-0.1, -0.05) is 36.4 Å². The van der Waals surface area contributed by atoms with Gasteiger partial charge in [0.25, 0.3) is 0 Å². The zero-order valence-corrected chi connectivity index (χ0v) is 19.6. The number of carbonyl (C=O) groups excluding carboxylic acids is 1. The Bertz CT molecular complexity index is 1310. The lowest BCUT2D eigenvalue weighted by molar-refractivity contribution is -0.117. The summed E-state index contributed by atoms with van der Waals surface area (Å²) in [7, 11) is 0. The molecule has 1 saturated heterocycles. The minimum absolute atomic E-state index is 0.00597. The van der Waals surface area contributed by atoms with Crippen molar-refractivity contribution in [2.45, 2.75) is 32.7 Å². The topological polar surface area (TPSA) is 56.6 Å². The minimum Gasteiger partial charge on any atom is -0.492 e. The van der Waals surface area contributed by atoms with Gasteiger partial charge >= 0.3 is 0 Å². The number of carbonyl (C=O) groups is 1. The van der Waals surface area contributed by atoms with Crippen molar-refractivity contribution in [2.75, 3.05) is 24.7 Å². The number of fused-ring (bicyclic) bond motifs is 1. The van der Waals surface area contributed by atoms with Crippen LogP contribution in [-0.4, -0.2) is 35.2 Å². The summed E-state index contributed by atoms with van der Waals surface area (Å²) in [5, 5.41) is 0. The number of aryl methyl sites for hydroxylation is 1. The third-order valence-electron chi connectivity index (χ3n) is 6.20. The molecule has 1 aliphatic rings. The number of amides is 1. The van der Waals surface area contributed by atoms with E-state index in [4.69, 9.17) is 14.5 Å². The number of hydrogen-bond donors (Lipinski definition) is 0. The van der Waals surface area contributed by atoms with Crippen LogP contribution in [0.4, 0.5) is 5.69 Å². The first kappa shape index (κ1) is 22.0. The Morgan fingerprint density at radius 1 is 1.00 bits per heavy atom. The molecule has 0 aliphatic carbocycles. The molecule has 1 atom stereocenters. The Labute approximate surface area is 199 Å². The van der Waals surface area contributed by atoms with Crippen molar-refractivity contribution >= 4 is 22.6 Å². The Morgan fingerprint density at radius 2 is 1.82 bits per heavy atom. The average molecular weight is 456 g/mol. The summed E-state index contributed by atoms with van der Waals surface area (Å²) in [5.41, 5.74) is 3.99. The zero-order chi connectivity index (χ0) is 23.5. The van der Waals surface area contributed by atoms with Crippen molar-refractivity contribution in [3.05, 3.63) is 84.2 Å². The molecule has 0 unspecified atom stereocenters. The number of rotatable bonds is 8. The van der Waals surface area contributed by atoms with Gasteiger partial charge in [0.05, 0.1) is 29.9 Å². The van der Waals surface area contributed by atoms with E-state index in [1.165, 1.54) is 5.56 Å². The van der Waals surface area contributed by atoms with Gasteiger partial charge in [0.15, 0.2) is 0 Å². The van der Waals surface area contributed by atoms with Crippen molar-refractivity contribution in [1.29, 1.82) is 0 Å². The normalized spacial score (nSPS) is 15.8. The first-order valence-electron chi connectivity index (χ1n) is 11.8. The quantitative estimate of drug-likeness (QED) is 0.360. The molecule has 0 N–H and O–H groups in total. The van der Waals surface area contributed by atoms with Crippen LogP contribution < -0.4 is 14.4 Å². The summed E-state index contributed by atoms with van der Waals surface area (Å²) in [4.78, 5) is 19.9. The Balaban J connectivity index is 1.41. The second-order valence-electron chi connectivity index (χ2n) is 8.58. The van der Waals surface area contributed by atoms with Crippen LogP contribution in [-0.2, 0) is 11.3 Å². The fourth-order valence-electron chi connectivity index (χ4n) is 4.67. The van der Waals surface area contributed by atoms with E-state index < -0.39 is 0 Å². The molecule has 1 aromatic heterocycles. The number of imidazole rings is 1. The van der Waals surface area contributed by atoms with Crippen LogP contribution >= 0.6 is 0 Å². The minimum atomic E-state index is -0.00597. The second kappa shape index (κ2) is 9.59. The van der Waals surface area contributed by atoms with Gasteiger partial charge in [-0.05, 0) is 55.8 Å². The highest BCUT2D eigenvalue weighted by molar-refractivity contribution is 5.97. The lowest BCUT2D eigenvalue weighted by Gasteiger charge is -2.20. The number of anilines is 1. The van der Waals surface area contributed by atoms with Crippen molar-refractivity contribution in [3.8, 4) is 11.5 Å². The molecule has 3 aromatic carbocycles. The Morgan fingerprint density at radius 3 is 2.68 bits per heavy atom. The lowest BCUT2D eigenvalue weighted by Crippen LogP contribution is -2.25. The van der Waals surface area contributed by atoms with Crippen LogP contribution in [0.2, 0.25) is 0 Å². The van der Waals surface area contributed by atoms with Crippen LogP contribution in [0.25, 0.3) is 11.0 Å². The van der Waals surface area contributed by atoms with Gasteiger partial charge in [0, 0.05) is 18.9 Å². The molecule has 1 amide bonds. The highest BCUT2D eigenvalue weighted by atomic mass is 16.5. The van der Waals surface area contributed by atoms with Crippen molar-refractivity contribution in [1.82, 2.24) is 9.55 Å². The molecule has 174 valence electrons. The van der Waals surface area contributed by atoms with Gasteiger partial charge in [0.1, 0.15) is 23.9 Å². The highest BCUT2D eigenvalue weighted by Crippen LogP contribution is 2.37. The number of benzene rings is 3. The Hall–Kier alpha value is -3.80. The van der Waals surface area contributed by atoms with Gasteiger partial charge in [-0.3, -0.25) is 4.79 Å². The number of nitrogens with zero attached hydrogens (tertiary/aromatic N) is 3. The predicted octanol–water partition coefficient (Wildman–Crippen LogP) is 5.34. The summed E-state index contributed by atoms with van der Waals surface area (Å²) in [6.07, 6.45) is 0.419. The molecule has 0 radical (unpaired) electrons. The fraction of sp³-hybridized carbons (Fsp3) is 0.286. The molecule has 5 rings (SSSR count). The third-order valence-corrected chi connectivity index (χ3v) is 6.20.